The van der Waals surface area contributed by atoms with Crippen LogP contribution in [-0.2, 0) is 29.1 Å². The Morgan fingerprint density at radius 3 is 2.45 bits per heavy atom. The average Bonchev–Trinajstić information content (AvgIpc) is 3.20. The number of carbonyl (C=O) groups is 1. The molecule has 31 heavy (non-hydrogen) atoms. The highest BCUT2D eigenvalue weighted by Gasteiger charge is 2.19. The van der Waals surface area contributed by atoms with Crippen LogP contribution in [0.4, 0.5) is 6.01 Å². The van der Waals surface area contributed by atoms with Crippen molar-refractivity contribution >= 4 is 21.8 Å². The first-order valence-electron chi connectivity index (χ1n) is 10.4. The zero-order valence-corrected chi connectivity index (χ0v) is 18.4. The van der Waals surface area contributed by atoms with Crippen molar-refractivity contribution in [3.8, 4) is 0 Å². The van der Waals surface area contributed by atoms with E-state index in [1.165, 1.54) is 17.5 Å². The van der Waals surface area contributed by atoms with Crippen molar-refractivity contribution < 1.29 is 17.6 Å². The number of nitrogens with one attached hydrogen (secondary N) is 1. The molecule has 3 aromatic rings. The lowest BCUT2D eigenvalue weighted by atomic mass is 9.90. The van der Waals surface area contributed by atoms with Crippen molar-refractivity contribution in [3.05, 3.63) is 70.6 Å². The minimum Gasteiger partial charge on any atom is -0.407 e. The van der Waals surface area contributed by atoms with Crippen molar-refractivity contribution in [3.63, 3.8) is 0 Å². The minimum atomic E-state index is -3.31. The summed E-state index contributed by atoms with van der Waals surface area (Å²) >= 11 is 0. The van der Waals surface area contributed by atoms with E-state index in [0.29, 0.717) is 17.9 Å². The molecule has 0 saturated heterocycles. The highest BCUT2D eigenvalue weighted by molar-refractivity contribution is 7.92. The van der Waals surface area contributed by atoms with E-state index >= 15 is 0 Å². The number of hydrogen-bond acceptors (Lipinski definition) is 6. The van der Waals surface area contributed by atoms with Gasteiger partial charge in [0.05, 0.1) is 16.6 Å². The van der Waals surface area contributed by atoms with E-state index in [1.807, 2.05) is 18.2 Å². The summed E-state index contributed by atoms with van der Waals surface area (Å²) in [5, 5.41) is 10.1. The summed E-state index contributed by atoms with van der Waals surface area (Å²) in [6.45, 7) is 3.31. The van der Waals surface area contributed by atoms with E-state index in [9.17, 15) is 13.2 Å². The normalized spacial score (nSPS) is 13.8. The summed E-state index contributed by atoms with van der Waals surface area (Å²) in [6, 6.07) is 12.4. The molecule has 8 heteroatoms. The first-order valence-corrected chi connectivity index (χ1v) is 12.0. The van der Waals surface area contributed by atoms with Gasteiger partial charge in [-0.05, 0) is 80.5 Å². The fraction of sp³-hybridized carbons (Fsp3) is 0.348. The van der Waals surface area contributed by atoms with E-state index < -0.39 is 15.1 Å². The quantitative estimate of drug-likeness (QED) is 0.623. The first-order chi connectivity index (χ1) is 14.8. The Hall–Kier alpha value is -3.00. The predicted molar refractivity (Wildman–Crippen MR) is 117 cm³/mol. The number of rotatable bonds is 6. The molecule has 1 N–H and O–H groups in total. The monoisotopic (exact) mass is 439 g/mol. The highest BCUT2D eigenvalue weighted by Crippen LogP contribution is 2.23. The van der Waals surface area contributed by atoms with E-state index in [2.05, 4.69) is 15.5 Å². The van der Waals surface area contributed by atoms with Gasteiger partial charge in [-0.25, -0.2) is 8.42 Å². The number of nitrogens with zero attached hydrogens (tertiary/aromatic N) is 2. The molecule has 4 rings (SSSR count). The lowest BCUT2D eigenvalue weighted by molar-refractivity contribution is 0.102. The van der Waals surface area contributed by atoms with Crippen LogP contribution < -0.4 is 5.32 Å². The topological polar surface area (TPSA) is 102 Å². The number of carbonyl (C=O) groups excluding carboxylic acids is 1. The van der Waals surface area contributed by atoms with Gasteiger partial charge in [0.25, 0.3) is 5.91 Å². The molecule has 0 radical (unpaired) electrons. The van der Waals surface area contributed by atoms with Gasteiger partial charge in [-0.1, -0.05) is 23.3 Å². The van der Waals surface area contributed by atoms with Crippen molar-refractivity contribution in [2.45, 2.75) is 56.1 Å². The number of aromatic nitrogens is 2. The molecule has 1 aliphatic carbocycles. The third kappa shape index (κ3) is 4.69. The maximum atomic E-state index is 12.6. The van der Waals surface area contributed by atoms with Crippen LogP contribution in [0.1, 0.15) is 59.6 Å². The molecule has 0 aliphatic heterocycles. The molecule has 7 nitrogen and oxygen atoms in total. The Morgan fingerprint density at radius 2 is 1.74 bits per heavy atom. The van der Waals surface area contributed by atoms with E-state index in [1.54, 1.807) is 38.1 Å². The predicted octanol–water partition coefficient (Wildman–Crippen LogP) is 3.97. The number of hydrogen-bond donors (Lipinski definition) is 1. The fourth-order valence-electron chi connectivity index (χ4n) is 3.66. The van der Waals surface area contributed by atoms with Crippen molar-refractivity contribution in [1.29, 1.82) is 0 Å². The third-order valence-electron chi connectivity index (χ3n) is 5.53. The van der Waals surface area contributed by atoms with Gasteiger partial charge in [-0.2, -0.15) is 0 Å². The lowest BCUT2D eigenvalue weighted by Crippen LogP contribution is -2.14. The molecule has 0 atom stereocenters. The molecule has 1 aliphatic rings. The van der Waals surface area contributed by atoms with Crippen LogP contribution in [-0.4, -0.2) is 29.8 Å². The molecular formula is C23H25N3O4S. The molecule has 1 aromatic heterocycles. The summed E-state index contributed by atoms with van der Waals surface area (Å²) in [5.41, 5.74) is 3.95. The summed E-state index contributed by atoms with van der Waals surface area (Å²) in [7, 11) is -3.31. The van der Waals surface area contributed by atoms with Gasteiger partial charge < -0.3 is 4.42 Å². The van der Waals surface area contributed by atoms with Crippen LogP contribution in [0.15, 0.2) is 51.8 Å². The van der Waals surface area contributed by atoms with Crippen molar-refractivity contribution in [2.24, 2.45) is 0 Å². The highest BCUT2D eigenvalue weighted by atomic mass is 32.2. The largest absolute Gasteiger partial charge is 0.407 e. The minimum absolute atomic E-state index is 0.0386. The Kier molecular flexibility index (Phi) is 5.91. The number of fused-ring (bicyclic) bond motifs is 1. The third-order valence-corrected chi connectivity index (χ3v) is 7.70. The maximum absolute atomic E-state index is 12.6. The smallest absolute Gasteiger partial charge is 0.322 e. The van der Waals surface area contributed by atoms with Gasteiger partial charge in [0.15, 0.2) is 9.84 Å². The maximum Gasteiger partial charge on any atom is 0.322 e. The second kappa shape index (κ2) is 8.63. The zero-order chi connectivity index (χ0) is 22.0. The number of aryl methyl sites for hydroxylation is 2. The van der Waals surface area contributed by atoms with Crippen LogP contribution in [0.3, 0.4) is 0 Å². The van der Waals surface area contributed by atoms with Crippen LogP contribution in [0, 0.1) is 0 Å². The zero-order valence-electron chi connectivity index (χ0n) is 17.6. The van der Waals surface area contributed by atoms with Gasteiger partial charge in [0.1, 0.15) is 0 Å². The molecule has 0 saturated carbocycles. The number of sulfone groups is 1. The second-order valence-corrected chi connectivity index (χ2v) is 10.6. The molecule has 162 valence electrons. The van der Waals surface area contributed by atoms with Gasteiger partial charge in [0, 0.05) is 5.56 Å². The molecule has 2 aromatic carbocycles. The summed E-state index contributed by atoms with van der Waals surface area (Å²) in [4.78, 5) is 12.8. The standard InChI is InChI=1S/C23H25N3O4S/c1-15(2)31(28,29)20-11-7-16(8-12-20)13-21-25-26-23(30-21)24-22(27)19-10-9-17-5-3-4-6-18(17)14-19/h7-12,14-15H,3-6,13H2,1-2H3,(H,24,26,27). The van der Waals surface area contributed by atoms with Crippen LogP contribution in [0.2, 0.25) is 0 Å². The van der Waals surface area contributed by atoms with E-state index in [4.69, 9.17) is 4.42 Å². The van der Waals surface area contributed by atoms with Gasteiger partial charge in [0.2, 0.25) is 5.89 Å². The van der Waals surface area contributed by atoms with Crippen LogP contribution in [0.5, 0.6) is 0 Å². The average molecular weight is 440 g/mol. The molecule has 0 spiro atoms. The molecule has 0 unspecified atom stereocenters. The van der Waals surface area contributed by atoms with Gasteiger partial charge >= 0.3 is 6.01 Å². The Morgan fingerprint density at radius 1 is 1.03 bits per heavy atom. The second-order valence-electron chi connectivity index (χ2n) is 8.06. The summed E-state index contributed by atoms with van der Waals surface area (Å²) in [5.74, 6) is 0.0482. The molecular weight excluding hydrogens is 414 g/mol. The van der Waals surface area contributed by atoms with Crippen LogP contribution >= 0.6 is 0 Å². The summed E-state index contributed by atoms with van der Waals surface area (Å²) in [6.07, 6.45) is 4.74. The van der Waals surface area contributed by atoms with E-state index in [-0.39, 0.29) is 16.8 Å². The molecule has 0 bridgehead atoms. The number of amides is 1. The number of anilines is 1. The Bertz CT molecular complexity index is 1200. The Balaban J connectivity index is 1.41. The Labute approximate surface area is 181 Å². The van der Waals surface area contributed by atoms with Crippen molar-refractivity contribution in [1.82, 2.24) is 10.2 Å². The molecule has 1 amide bonds. The number of benzene rings is 2. The van der Waals surface area contributed by atoms with Crippen molar-refractivity contribution in [2.75, 3.05) is 5.32 Å². The van der Waals surface area contributed by atoms with Crippen LogP contribution in [0.25, 0.3) is 0 Å². The fourth-order valence-corrected chi connectivity index (χ4v) is 4.72. The van der Waals surface area contributed by atoms with E-state index in [0.717, 1.165) is 24.8 Å². The first kappa shape index (κ1) is 21.2. The van der Waals surface area contributed by atoms with Gasteiger partial charge in [-0.15, -0.1) is 5.10 Å². The van der Waals surface area contributed by atoms with Gasteiger partial charge in [-0.3, -0.25) is 10.1 Å². The lowest BCUT2D eigenvalue weighted by Gasteiger charge is -2.16. The summed E-state index contributed by atoms with van der Waals surface area (Å²) < 4.78 is 30.0. The SMILES string of the molecule is CC(C)S(=O)(=O)c1ccc(Cc2nnc(NC(=O)c3ccc4c(c3)CCCC4)o2)cc1. The molecule has 1 heterocycles. The molecule has 0 fully saturated rings.